The molecule has 0 unspecified atom stereocenters. The maximum absolute atomic E-state index is 11.1. The monoisotopic (exact) mass is 194 g/mol. The van der Waals surface area contributed by atoms with Gasteiger partial charge in [0, 0.05) is 18.9 Å². The minimum atomic E-state index is -0.458. The minimum absolute atomic E-state index is 0.202. The van der Waals surface area contributed by atoms with Crippen molar-refractivity contribution in [1.29, 1.82) is 5.26 Å². The molecule has 0 aromatic heterocycles. The summed E-state index contributed by atoms with van der Waals surface area (Å²) < 4.78 is 0. The summed E-state index contributed by atoms with van der Waals surface area (Å²) in [6.45, 7) is 1.65. The second-order valence-corrected chi connectivity index (χ2v) is 2.88. The first kappa shape index (κ1) is 10.4. The Morgan fingerprint density at radius 1 is 1.50 bits per heavy atom. The van der Waals surface area contributed by atoms with Crippen molar-refractivity contribution in [1.82, 2.24) is 5.06 Å². The van der Waals surface area contributed by atoms with Gasteiger partial charge in [0.05, 0.1) is 6.07 Å². The summed E-state index contributed by atoms with van der Waals surface area (Å²) in [5, 5.41) is 9.01. The van der Waals surface area contributed by atoms with Gasteiger partial charge in [-0.15, -0.1) is 0 Å². The van der Waals surface area contributed by atoms with Crippen LogP contribution >= 0.6 is 0 Å². The molecule has 1 atom stereocenters. The molecule has 0 aromatic rings. The molecule has 1 fully saturated rings. The number of rotatable bonds is 3. The first-order chi connectivity index (χ1) is 6.65. The molecule has 74 valence electrons. The van der Waals surface area contributed by atoms with E-state index in [2.05, 4.69) is 0 Å². The van der Waals surface area contributed by atoms with Crippen LogP contribution in [0.1, 0.15) is 19.8 Å². The largest absolute Gasteiger partial charge is 0.272 e. The number of carbonyl (C=O) groups excluding carboxylic acids is 2. The maximum atomic E-state index is 11.1. The van der Waals surface area contributed by atoms with Gasteiger partial charge in [-0.05, 0) is 13.0 Å². The molecule has 0 radical (unpaired) electrons. The van der Waals surface area contributed by atoms with E-state index in [0.717, 1.165) is 5.06 Å². The highest BCUT2D eigenvalue weighted by atomic mass is 16.7. The molecular formula is C9H10N2O3. The first-order valence-electron chi connectivity index (χ1n) is 4.24. The lowest BCUT2D eigenvalue weighted by Crippen LogP contribution is -2.32. The van der Waals surface area contributed by atoms with Crippen LogP contribution in [0.25, 0.3) is 0 Å². The molecule has 0 bridgehead atoms. The van der Waals surface area contributed by atoms with Crippen molar-refractivity contribution in [2.24, 2.45) is 0 Å². The van der Waals surface area contributed by atoms with Gasteiger partial charge in [-0.1, -0.05) is 0 Å². The summed E-state index contributed by atoms with van der Waals surface area (Å²) in [6.07, 6.45) is 2.66. The number of hydrogen-bond donors (Lipinski definition) is 0. The predicted octanol–water partition coefficient (Wildman–Crippen LogP) is 0.535. The fourth-order valence-electron chi connectivity index (χ4n) is 1.05. The van der Waals surface area contributed by atoms with Crippen LogP contribution in [-0.2, 0) is 14.4 Å². The molecule has 0 aliphatic carbocycles. The molecule has 1 aliphatic heterocycles. The molecule has 1 saturated heterocycles. The standard InChI is InChI=1S/C9H10N2O3/c1-7(3-2-6-10)14-11-8(12)4-5-9(11)13/h2-3,7H,4-5H2,1H3/b3-2-/t7-/m0/s1. The normalized spacial score (nSPS) is 19.0. The summed E-state index contributed by atoms with van der Waals surface area (Å²) in [4.78, 5) is 27.2. The highest BCUT2D eigenvalue weighted by Crippen LogP contribution is 2.13. The number of carbonyl (C=O) groups is 2. The van der Waals surface area contributed by atoms with E-state index in [9.17, 15) is 9.59 Å². The minimum Gasteiger partial charge on any atom is -0.272 e. The highest BCUT2D eigenvalue weighted by Gasteiger charge is 2.31. The molecule has 2 amide bonds. The number of allylic oxidation sites excluding steroid dienone is 1. The van der Waals surface area contributed by atoms with E-state index in [1.807, 2.05) is 0 Å². The zero-order valence-corrected chi connectivity index (χ0v) is 7.77. The third-order valence-corrected chi connectivity index (χ3v) is 1.72. The lowest BCUT2D eigenvalue weighted by molar-refractivity contribution is -0.194. The van der Waals surface area contributed by atoms with Crippen LogP contribution in [-0.4, -0.2) is 23.0 Å². The molecule has 0 aromatic carbocycles. The van der Waals surface area contributed by atoms with Gasteiger partial charge in [0.2, 0.25) is 0 Å². The lowest BCUT2D eigenvalue weighted by atomic mass is 10.4. The summed E-state index contributed by atoms with van der Waals surface area (Å²) in [5.74, 6) is -0.653. The van der Waals surface area contributed by atoms with E-state index in [0.29, 0.717) is 0 Å². The number of nitriles is 1. The SMILES string of the molecule is C[C@@H](/C=C\C#N)ON1C(=O)CCC1=O. The molecule has 1 heterocycles. The smallest absolute Gasteiger partial charge is 0.254 e. The van der Waals surface area contributed by atoms with Gasteiger partial charge in [0.25, 0.3) is 11.8 Å². The van der Waals surface area contributed by atoms with Gasteiger partial charge in [-0.25, -0.2) is 0 Å². The van der Waals surface area contributed by atoms with Gasteiger partial charge in [0.15, 0.2) is 0 Å². The van der Waals surface area contributed by atoms with Crippen LogP contribution in [0.15, 0.2) is 12.2 Å². The van der Waals surface area contributed by atoms with Crippen LogP contribution in [0.2, 0.25) is 0 Å². The maximum Gasteiger partial charge on any atom is 0.254 e. The van der Waals surface area contributed by atoms with Crippen LogP contribution < -0.4 is 0 Å². The predicted molar refractivity (Wildman–Crippen MR) is 46.4 cm³/mol. The Balaban J connectivity index is 2.51. The average molecular weight is 194 g/mol. The van der Waals surface area contributed by atoms with E-state index in [1.165, 1.54) is 12.2 Å². The zero-order chi connectivity index (χ0) is 10.6. The van der Waals surface area contributed by atoms with E-state index in [1.54, 1.807) is 13.0 Å². The van der Waals surface area contributed by atoms with Crippen molar-refractivity contribution < 1.29 is 14.4 Å². The molecule has 0 spiro atoms. The van der Waals surface area contributed by atoms with Gasteiger partial charge in [0.1, 0.15) is 6.10 Å². The average Bonchev–Trinajstić information content (AvgIpc) is 2.46. The number of nitrogens with zero attached hydrogens (tertiary/aromatic N) is 2. The van der Waals surface area contributed by atoms with Crippen LogP contribution in [0, 0.1) is 11.3 Å². The number of amides is 2. The van der Waals surface area contributed by atoms with E-state index in [-0.39, 0.29) is 24.7 Å². The second-order valence-electron chi connectivity index (χ2n) is 2.88. The molecule has 5 heteroatoms. The van der Waals surface area contributed by atoms with Crippen molar-refractivity contribution in [2.45, 2.75) is 25.9 Å². The Hall–Kier alpha value is -1.67. The highest BCUT2D eigenvalue weighted by molar-refractivity contribution is 6.00. The topological polar surface area (TPSA) is 70.4 Å². The Morgan fingerprint density at radius 3 is 2.57 bits per heavy atom. The zero-order valence-electron chi connectivity index (χ0n) is 7.77. The van der Waals surface area contributed by atoms with Crippen LogP contribution in [0.3, 0.4) is 0 Å². The van der Waals surface area contributed by atoms with Crippen molar-refractivity contribution >= 4 is 11.8 Å². The summed E-state index contributed by atoms with van der Waals surface area (Å²) in [7, 11) is 0. The second kappa shape index (κ2) is 4.53. The third-order valence-electron chi connectivity index (χ3n) is 1.72. The third kappa shape index (κ3) is 2.41. The molecule has 14 heavy (non-hydrogen) atoms. The number of hydroxylamine groups is 2. The Labute approximate surface area is 81.5 Å². The van der Waals surface area contributed by atoms with Crippen LogP contribution in [0.4, 0.5) is 0 Å². The Morgan fingerprint density at radius 2 is 2.07 bits per heavy atom. The summed E-state index contributed by atoms with van der Waals surface area (Å²) >= 11 is 0. The Kier molecular flexibility index (Phi) is 3.37. The molecular weight excluding hydrogens is 184 g/mol. The molecule has 1 rings (SSSR count). The number of imide groups is 1. The summed E-state index contributed by atoms with van der Waals surface area (Å²) in [6, 6.07) is 1.80. The molecule has 5 nitrogen and oxygen atoms in total. The van der Waals surface area contributed by atoms with Crippen molar-refractivity contribution in [3.8, 4) is 6.07 Å². The van der Waals surface area contributed by atoms with Crippen LogP contribution in [0.5, 0.6) is 0 Å². The Bertz CT molecular complexity index is 301. The lowest BCUT2D eigenvalue weighted by Gasteiger charge is -2.16. The van der Waals surface area contributed by atoms with Gasteiger partial charge in [-0.2, -0.15) is 10.3 Å². The van der Waals surface area contributed by atoms with E-state index >= 15 is 0 Å². The fourth-order valence-corrected chi connectivity index (χ4v) is 1.05. The van der Waals surface area contributed by atoms with Gasteiger partial charge < -0.3 is 0 Å². The van der Waals surface area contributed by atoms with Crippen molar-refractivity contribution in [2.75, 3.05) is 0 Å². The van der Waals surface area contributed by atoms with Gasteiger partial charge in [-0.3, -0.25) is 14.4 Å². The molecule has 1 aliphatic rings. The van der Waals surface area contributed by atoms with Crippen molar-refractivity contribution in [3.63, 3.8) is 0 Å². The molecule has 0 saturated carbocycles. The van der Waals surface area contributed by atoms with E-state index < -0.39 is 6.10 Å². The first-order valence-corrected chi connectivity index (χ1v) is 4.24. The van der Waals surface area contributed by atoms with E-state index in [4.69, 9.17) is 10.1 Å². The van der Waals surface area contributed by atoms with Gasteiger partial charge >= 0.3 is 0 Å². The number of hydrogen-bond acceptors (Lipinski definition) is 4. The summed E-state index contributed by atoms with van der Waals surface area (Å²) in [5.41, 5.74) is 0. The molecule has 0 N–H and O–H groups in total. The van der Waals surface area contributed by atoms with Crippen molar-refractivity contribution in [3.05, 3.63) is 12.2 Å². The fraction of sp³-hybridized carbons (Fsp3) is 0.444. The quantitative estimate of drug-likeness (QED) is 0.485.